The number of aryl methyl sites for hydroxylation is 1. The van der Waals surface area contributed by atoms with Gasteiger partial charge in [-0.05, 0) is 31.9 Å². The van der Waals surface area contributed by atoms with Gasteiger partial charge in [0, 0.05) is 30.2 Å². The summed E-state index contributed by atoms with van der Waals surface area (Å²) >= 11 is 0.659. The van der Waals surface area contributed by atoms with Crippen LogP contribution >= 0.6 is 11.3 Å². The van der Waals surface area contributed by atoms with Crippen molar-refractivity contribution in [2.75, 3.05) is 13.1 Å². The van der Waals surface area contributed by atoms with Gasteiger partial charge in [0.2, 0.25) is 11.5 Å². The van der Waals surface area contributed by atoms with Crippen molar-refractivity contribution in [2.45, 2.75) is 44.0 Å². The summed E-state index contributed by atoms with van der Waals surface area (Å²) in [5.41, 5.74) is -3.01. The molecular weight excluding hydrogens is 411 g/mol. The first-order valence-electron chi connectivity index (χ1n) is 8.94. The van der Waals surface area contributed by atoms with E-state index in [1.54, 1.807) is 17.0 Å². The Bertz CT molecular complexity index is 860. The van der Waals surface area contributed by atoms with Crippen LogP contribution in [0.15, 0.2) is 28.2 Å². The molecule has 0 radical (unpaired) electrons. The molecule has 0 aliphatic carbocycles. The number of nitrogens with one attached hydrogen (secondary N) is 1. The van der Waals surface area contributed by atoms with E-state index in [1.165, 1.54) is 18.6 Å². The predicted octanol–water partition coefficient (Wildman–Crippen LogP) is 2.61. The number of carbonyl (C=O) groups excluding carboxylic acids is 2. The number of likely N-dealkylation sites (tertiary alicyclic amines) is 1. The zero-order valence-electron chi connectivity index (χ0n) is 15.5. The van der Waals surface area contributed by atoms with E-state index < -0.39 is 35.2 Å². The van der Waals surface area contributed by atoms with Crippen LogP contribution in [-0.4, -0.2) is 52.1 Å². The molecule has 0 bridgehead atoms. The summed E-state index contributed by atoms with van der Waals surface area (Å²) in [6.45, 7) is 2.17. The Morgan fingerprint density at radius 1 is 1.38 bits per heavy atom. The van der Waals surface area contributed by atoms with Crippen LogP contribution in [0.1, 0.15) is 40.5 Å². The number of aliphatic hydroxyl groups is 1. The zero-order valence-corrected chi connectivity index (χ0v) is 16.3. The second-order valence-electron chi connectivity index (χ2n) is 6.94. The molecule has 158 valence electrons. The van der Waals surface area contributed by atoms with Crippen LogP contribution in [0, 0.1) is 6.92 Å². The average Bonchev–Trinajstić information content (AvgIpc) is 3.32. The Balaban J connectivity index is 1.58. The van der Waals surface area contributed by atoms with Gasteiger partial charge in [-0.2, -0.15) is 13.2 Å². The molecule has 1 fully saturated rings. The normalized spacial score (nSPS) is 17.8. The first-order valence-corrected chi connectivity index (χ1v) is 9.82. The van der Waals surface area contributed by atoms with Crippen LogP contribution in [0.3, 0.4) is 0 Å². The Morgan fingerprint density at radius 3 is 2.59 bits per heavy atom. The number of rotatable bonds is 5. The molecule has 2 N–H and O–H groups in total. The smallest absolute Gasteiger partial charge is 0.424 e. The van der Waals surface area contributed by atoms with E-state index in [9.17, 15) is 27.9 Å². The molecule has 2 amide bonds. The maximum absolute atomic E-state index is 13.5. The van der Waals surface area contributed by atoms with Crippen molar-refractivity contribution in [2.24, 2.45) is 0 Å². The van der Waals surface area contributed by atoms with Crippen LogP contribution in [0.25, 0.3) is 0 Å². The molecule has 2 aromatic rings. The lowest BCUT2D eigenvalue weighted by Gasteiger charge is -2.33. The predicted molar refractivity (Wildman–Crippen MR) is 97.2 cm³/mol. The summed E-state index contributed by atoms with van der Waals surface area (Å²) in [5, 5.41) is 13.6. The number of furan rings is 1. The largest absolute Gasteiger partial charge is 0.459 e. The molecular formula is C18H20F3N3O4S. The molecule has 1 unspecified atom stereocenters. The minimum atomic E-state index is -5.05. The molecule has 29 heavy (non-hydrogen) atoms. The van der Waals surface area contributed by atoms with Gasteiger partial charge in [0.05, 0.1) is 12.7 Å². The number of aromatic nitrogens is 1. The number of hydrogen-bond acceptors (Lipinski definition) is 6. The van der Waals surface area contributed by atoms with Gasteiger partial charge >= 0.3 is 6.18 Å². The fraction of sp³-hybridized carbons (Fsp3) is 0.500. The van der Waals surface area contributed by atoms with Crippen LogP contribution in [0.5, 0.6) is 0 Å². The van der Waals surface area contributed by atoms with Gasteiger partial charge in [-0.1, -0.05) is 0 Å². The number of piperidine rings is 1. The molecule has 11 heteroatoms. The maximum atomic E-state index is 13.5. The van der Waals surface area contributed by atoms with Crippen molar-refractivity contribution >= 4 is 23.2 Å². The van der Waals surface area contributed by atoms with E-state index in [4.69, 9.17) is 4.42 Å². The van der Waals surface area contributed by atoms with Gasteiger partial charge < -0.3 is 19.7 Å². The van der Waals surface area contributed by atoms with Gasteiger partial charge in [0.25, 0.3) is 5.91 Å². The Labute approximate surface area is 168 Å². The van der Waals surface area contributed by atoms with Crippen molar-refractivity contribution in [3.05, 3.63) is 40.2 Å². The summed E-state index contributed by atoms with van der Waals surface area (Å²) in [7, 11) is 0. The third-order valence-electron chi connectivity index (χ3n) is 4.74. The van der Waals surface area contributed by atoms with Crippen molar-refractivity contribution in [1.29, 1.82) is 0 Å². The molecule has 0 saturated carbocycles. The fourth-order valence-corrected chi connectivity index (χ4v) is 4.05. The number of hydrogen-bond donors (Lipinski definition) is 2. The second kappa shape index (κ2) is 8.15. The molecule has 1 saturated heterocycles. The molecule has 0 aromatic carbocycles. The zero-order chi connectivity index (χ0) is 21.2. The summed E-state index contributed by atoms with van der Waals surface area (Å²) in [5.74, 6) is -0.986. The average molecular weight is 431 g/mol. The van der Waals surface area contributed by atoms with E-state index in [0.29, 0.717) is 43.0 Å². The highest BCUT2D eigenvalue weighted by Gasteiger charge is 2.58. The minimum Gasteiger partial charge on any atom is -0.459 e. The highest BCUT2D eigenvalue weighted by atomic mass is 32.1. The van der Waals surface area contributed by atoms with Crippen LogP contribution in [0.4, 0.5) is 13.2 Å². The number of halogens is 3. The number of carbonyl (C=O) groups is 2. The van der Waals surface area contributed by atoms with E-state index in [-0.39, 0.29) is 11.7 Å². The first-order chi connectivity index (χ1) is 13.6. The summed E-state index contributed by atoms with van der Waals surface area (Å²) in [6, 6.07) is 2.76. The second-order valence-corrected chi connectivity index (χ2v) is 7.80. The lowest BCUT2D eigenvalue weighted by Crippen LogP contribution is -2.50. The van der Waals surface area contributed by atoms with Crippen LogP contribution < -0.4 is 5.32 Å². The number of amides is 2. The summed E-state index contributed by atoms with van der Waals surface area (Å²) in [6.07, 6.45) is -4.05. The van der Waals surface area contributed by atoms with Crippen LogP contribution in [0.2, 0.25) is 0 Å². The summed E-state index contributed by atoms with van der Waals surface area (Å²) < 4.78 is 45.6. The molecule has 3 heterocycles. The molecule has 0 spiro atoms. The Morgan fingerprint density at radius 2 is 2.07 bits per heavy atom. The number of nitrogens with zero attached hydrogens (tertiary/aromatic N) is 2. The van der Waals surface area contributed by atoms with Gasteiger partial charge in [0.1, 0.15) is 5.01 Å². The quantitative estimate of drug-likeness (QED) is 0.759. The lowest BCUT2D eigenvalue weighted by molar-refractivity contribution is -0.267. The SMILES string of the molecule is Cc1csc(C(O)(CC(=O)NC2CCN(C(=O)c3ccco3)CC2)C(F)(F)F)n1. The Hall–Kier alpha value is -2.40. The van der Waals surface area contributed by atoms with Gasteiger partial charge in [-0.15, -0.1) is 11.3 Å². The number of alkyl halides is 3. The van der Waals surface area contributed by atoms with Gasteiger partial charge in [-0.25, -0.2) is 4.98 Å². The third kappa shape index (κ3) is 4.61. The van der Waals surface area contributed by atoms with E-state index >= 15 is 0 Å². The van der Waals surface area contributed by atoms with Crippen LogP contribution in [-0.2, 0) is 10.4 Å². The van der Waals surface area contributed by atoms with E-state index in [0.717, 1.165) is 0 Å². The monoisotopic (exact) mass is 431 g/mol. The number of thiazole rings is 1. The fourth-order valence-electron chi connectivity index (χ4n) is 3.14. The highest BCUT2D eigenvalue weighted by Crippen LogP contribution is 2.42. The maximum Gasteiger partial charge on any atom is 0.424 e. The molecule has 1 aliphatic heterocycles. The molecule has 1 aliphatic rings. The van der Waals surface area contributed by atoms with Gasteiger partial charge in [-0.3, -0.25) is 9.59 Å². The lowest BCUT2D eigenvalue weighted by atomic mass is 9.98. The summed E-state index contributed by atoms with van der Waals surface area (Å²) in [4.78, 5) is 29.8. The topological polar surface area (TPSA) is 95.7 Å². The van der Waals surface area contributed by atoms with E-state index in [1.807, 2.05) is 0 Å². The third-order valence-corrected chi connectivity index (χ3v) is 5.85. The highest BCUT2D eigenvalue weighted by molar-refractivity contribution is 7.09. The standard InChI is InChI=1S/C18H20F3N3O4S/c1-11-10-29-16(22-11)17(27,18(19,20)21)9-14(25)23-12-4-6-24(7-5-12)15(26)13-3-2-8-28-13/h2-3,8,10,12,27H,4-7,9H2,1H3,(H,23,25). The molecule has 3 rings (SSSR count). The molecule has 1 atom stereocenters. The van der Waals surface area contributed by atoms with Crippen molar-refractivity contribution in [3.8, 4) is 0 Å². The molecule has 2 aromatic heterocycles. The minimum absolute atomic E-state index is 0.210. The Kier molecular flexibility index (Phi) is 5.99. The van der Waals surface area contributed by atoms with Crippen molar-refractivity contribution < 1.29 is 32.3 Å². The van der Waals surface area contributed by atoms with Crippen molar-refractivity contribution in [3.63, 3.8) is 0 Å². The van der Waals surface area contributed by atoms with Crippen molar-refractivity contribution in [1.82, 2.24) is 15.2 Å². The molecule has 7 nitrogen and oxygen atoms in total. The first kappa shape index (κ1) is 21.3. The van der Waals surface area contributed by atoms with E-state index in [2.05, 4.69) is 10.3 Å². The van der Waals surface area contributed by atoms with Gasteiger partial charge in [0.15, 0.2) is 5.76 Å².